The van der Waals surface area contributed by atoms with E-state index in [9.17, 15) is 9.59 Å². The molecule has 2 N–H and O–H groups in total. The van der Waals surface area contributed by atoms with E-state index in [2.05, 4.69) is 29.7 Å². The van der Waals surface area contributed by atoms with E-state index in [0.717, 1.165) is 38.0 Å². The van der Waals surface area contributed by atoms with Crippen LogP contribution in [0.4, 0.5) is 5.69 Å². The summed E-state index contributed by atoms with van der Waals surface area (Å²) in [7, 11) is 0. The lowest BCUT2D eigenvalue weighted by Gasteiger charge is -2.15. The molecule has 2 aromatic rings. The molecular weight excluding hydrogens is 338 g/mol. The topological polar surface area (TPSA) is 61.4 Å². The molecule has 5 nitrogen and oxygen atoms in total. The fraction of sp³-hybridized carbons (Fsp3) is 0.364. The minimum absolute atomic E-state index is 0.0409. The summed E-state index contributed by atoms with van der Waals surface area (Å²) in [6.07, 6.45) is 3.00. The SMILES string of the molecule is Cc1ccccc1CCNC(=O)CNc1ccc(C(=O)N2CCCC2)cc1. The normalized spacial score (nSPS) is 13.4. The van der Waals surface area contributed by atoms with Crippen LogP contribution in [0.5, 0.6) is 0 Å². The van der Waals surface area contributed by atoms with Crippen molar-refractivity contribution in [2.75, 3.05) is 31.5 Å². The molecule has 0 bridgehead atoms. The monoisotopic (exact) mass is 365 g/mol. The zero-order valence-corrected chi connectivity index (χ0v) is 15.8. The number of nitrogens with zero attached hydrogens (tertiary/aromatic N) is 1. The molecule has 1 heterocycles. The molecule has 1 aliphatic heterocycles. The Hall–Kier alpha value is -2.82. The Morgan fingerprint density at radius 2 is 1.70 bits per heavy atom. The summed E-state index contributed by atoms with van der Waals surface area (Å²) in [4.78, 5) is 26.2. The first-order valence-electron chi connectivity index (χ1n) is 9.58. The molecule has 5 heteroatoms. The zero-order chi connectivity index (χ0) is 19.1. The molecular formula is C22H27N3O2. The maximum atomic E-state index is 12.3. The Labute approximate surface area is 160 Å². The van der Waals surface area contributed by atoms with Gasteiger partial charge in [0, 0.05) is 30.9 Å². The zero-order valence-electron chi connectivity index (χ0n) is 15.8. The van der Waals surface area contributed by atoms with Crippen LogP contribution in [0, 0.1) is 6.92 Å². The van der Waals surface area contributed by atoms with Gasteiger partial charge in [0.2, 0.25) is 5.91 Å². The van der Waals surface area contributed by atoms with Crippen molar-refractivity contribution < 1.29 is 9.59 Å². The van der Waals surface area contributed by atoms with Gasteiger partial charge in [-0.2, -0.15) is 0 Å². The highest BCUT2D eigenvalue weighted by molar-refractivity contribution is 5.94. The number of nitrogens with one attached hydrogen (secondary N) is 2. The van der Waals surface area contributed by atoms with Crippen LogP contribution >= 0.6 is 0 Å². The van der Waals surface area contributed by atoms with Crippen molar-refractivity contribution in [3.05, 3.63) is 65.2 Å². The van der Waals surface area contributed by atoms with E-state index < -0.39 is 0 Å². The van der Waals surface area contributed by atoms with Gasteiger partial charge in [-0.15, -0.1) is 0 Å². The fourth-order valence-corrected chi connectivity index (χ4v) is 3.31. The predicted octanol–water partition coefficient (Wildman–Crippen LogP) is 3.00. The maximum absolute atomic E-state index is 12.3. The van der Waals surface area contributed by atoms with Crippen molar-refractivity contribution in [2.24, 2.45) is 0 Å². The molecule has 1 fully saturated rings. The van der Waals surface area contributed by atoms with E-state index in [1.807, 2.05) is 41.3 Å². The minimum Gasteiger partial charge on any atom is -0.376 e. The molecule has 3 rings (SSSR count). The van der Waals surface area contributed by atoms with E-state index >= 15 is 0 Å². The van der Waals surface area contributed by atoms with Crippen molar-refractivity contribution in [1.82, 2.24) is 10.2 Å². The smallest absolute Gasteiger partial charge is 0.253 e. The largest absolute Gasteiger partial charge is 0.376 e. The van der Waals surface area contributed by atoms with Crippen LogP contribution in [0.25, 0.3) is 0 Å². The Morgan fingerprint density at radius 3 is 2.41 bits per heavy atom. The molecule has 0 aliphatic carbocycles. The Morgan fingerprint density at radius 1 is 1.00 bits per heavy atom. The lowest BCUT2D eigenvalue weighted by atomic mass is 10.1. The highest BCUT2D eigenvalue weighted by Gasteiger charge is 2.19. The molecule has 0 radical (unpaired) electrons. The molecule has 2 amide bonds. The average Bonchev–Trinajstić information content (AvgIpc) is 3.22. The number of carbonyl (C=O) groups is 2. The van der Waals surface area contributed by atoms with Crippen molar-refractivity contribution >= 4 is 17.5 Å². The lowest BCUT2D eigenvalue weighted by molar-refractivity contribution is -0.119. The number of aryl methyl sites for hydroxylation is 1. The summed E-state index contributed by atoms with van der Waals surface area (Å²) in [6, 6.07) is 15.5. The molecule has 0 spiro atoms. The summed E-state index contributed by atoms with van der Waals surface area (Å²) in [6.45, 7) is 4.61. The second-order valence-corrected chi connectivity index (χ2v) is 6.96. The third-order valence-corrected chi connectivity index (χ3v) is 4.96. The van der Waals surface area contributed by atoms with Crippen LogP contribution in [0.1, 0.15) is 34.3 Å². The van der Waals surface area contributed by atoms with Gasteiger partial charge in [0.15, 0.2) is 0 Å². The summed E-state index contributed by atoms with van der Waals surface area (Å²) in [5.74, 6) is 0.0498. The van der Waals surface area contributed by atoms with Crippen LogP contribution < -0.4 is 10.6 Å². The number of hydrogen-bond donors (Lipinski definition) is 2. The first-order valence-corrected chi connectivity index (χ1v) is 9.58. The summed E-state index contributed by atoms with van der Waals surface area (Å²) in [5, 5.41) is 6.04. The van der Waals surface area contributed by atoms with Crippen molar-refractivity contribution in [2.45, 2.75) is 26.2 Å². The second-order valence-electron chi connectivity index (χ2n) is 6.96. The Bertz CT molecular complexity index is 780. The van der Waals surface area contributed by atoms with Crippen LogP contribution in [-0.4, -0.2) is 42.9 Å². The summed E-state index contributed by atoms with van der Waals surface area (Å²) < 4.78 is 0. The third kappa shape index (κ3) is 5.33. The molecule has 1 aliphatic rings. The Kier molecular flexibility index (Phi) is 6.47. The average molecular weight is 365 g/mol. The van der Waals surface area contributed by atoms with Gasteiger partial charge in [-0.05, 0) is 61.6 Å². The number of benzene rings is 2. The maximum Gasteiger partial charge on any atom is 0.253 e. The predicted molar refractivity (Wildman–Crippen MR) is 108 cm³/mol. The van der Waals surface area contributed by atoms with Crippen molar-refractivity contribution in [3.63, 3.8) is 0 Å². The quantitative estimate of drug-likeness (QED) is 0.793. The number of carbonyl (C=O) groups excluding carboxylic acids is 2. The van der Waals surface area contributed by atoms with Gasteiger partial charge in [-0.3, -0.25) is 9.59 Å². The number of likely N-dealkylation sites (tertiary alicyclic amines) is 1. The third-order valence-electron chi connectivity index (χ3n) is 4.96. The van der Waals surface area contributed by atoms with E-state index in [1.54, 1.807) is 0 Å². The van der Waals surface area contributed by atoms with Crippen molar-refractivity contribution in [1.29, 1.82) is 0 Å². The molecule has 0 aromatic heterocycles. The van der Waals surface area contributed by atoms with E-state index in [0.29, 0.717) is 12.1 Å². The summed E-state index contributed by atoms with van der Waals surface area (Å²) in [5.41, 5.74) is 4.03. The van der Waals surface area contributed by atoms with Crippen LogP contribution in [0.3, 0.4) is 0 Å². The number of anilines is 1. The van der Waals surface area contributed by atoms with Crippen LogP contribution in [0.15, 0.2) is 48.5 Å². The lowest BCUT2D eigenvalue weighted by Crippen LogP contribution is -2.31. The van der Waals surface area contributed by atoms with E-state index in [4.69, 9.17) is 0 Å². The molecule has 27 heavy (non-hydrogen) atoms. The second kappa shape index (κ2) is 9.21. The summed E-state index contributed by atoms with van der Waals surface area (Å²) >= 11 is 0. The van der Waals surface area contributed by atoms with Gasteiger partial charge < -0.3 is 15.5 Å². The van der Waals surface area contributed by atoms with Crippen molar-refractivity contribution in [3.8, 4) is 0 Å². The van der Waals surface area contributed by atoms with E-state index in [1.165, 1.54) is 11.1 Å². The number of rotatable bonds is 7. The molecule has 1 saturated heterocycles. The fourth-order valence-electron chi connectivity index (χ4n) is 3.31. The van der Waals surface area contributed by atoms with Crippen LogP contribution in [-0.2, 0) is 11.2 Å². The first kappa shape index (κ1) is 19.0. The van der Waals surface area contributed by atoms with Gasteiger partial charge in [-0.25, -0.2) is 0 Å². The first-order chi connectivity index (χ1) is 13.1. The minimum atomic E-state index is -0.0409. The van der Waals surface area contributed by atoms with Gasteiger partial charge in [0.25, 0.3) is 5.91 Å². The van der Waals surface area contributed by atoms with Gasteiger partial charge in [-0.1, -0.05) is 24.3 Å². The van der Waals surface area contributed by atoms with Gasteiger partial charge in [0.1, 0.15) is 0 Å². The molecule has 142 valence electrons. The van der Waals surface area contributed by atoms with Gasteiger partial charge >= 0.3 is 0 Å². The molecule has 0 saturated carbocycles. The molecule has 2 aromatic carbocycles. The van der Waals surface area contributed by atoms with Crippen LogP contribution in [0.2, 0.25) is 0 Å². The highest BCUT2D eigenvalue weighted by atomic mass is 16.2. The molecule has 0 atom stereocenters. The number of hydrogen-bond acceptors (Lipinski definition) is 3. The van der Waals surface area contributed by atoms with Gasteiger partial charge in [0.05, 0.1) is 6.54 Å². The van der Waals surface area contributed by atoms with E-state index in [-0.39, 0.29) is 18.4 Å². The number of amides is 2. The molecule has 0 unspecified atom stereocenters. The standard InChI is InChI=1S/C22H27N3O2/c1-17-6-2-3-7-18(17)12-13-23-21(26)16-24-20-10-8-19(9-11-20)22(27)25-14-4-5-15-25/h2-3,6-11,24H,4-5,12-16H2,1H3,(H,23,26). The Balaban J connectivity index is 1.41. The highest BCUT2D eigenvalue weighted by Crippen LogP contribution is 2.15.